The van der Waals surface area contributed by atoms with Crippen molar-refractivity contribution in [2.75, 3.05) is 24.7 Å². The van der Waals surface area contributed by atoms with Gasteiger partial charge in [0.05, 0.1) is 18.8 Å². The summed E-state index contributed by atoms with van der Waals surface area (Å²) in [5, 5.41) is 0. The van der Waals surface area contributed by atoms with E-state index in [9.17, 15) is 9.59 Å². The van der Waals surface area contributed by atoms with Crippen LogP contribution < -0.4 is 14.4 Å². The fraction of sp³-hybridized carbons (Fsp3) is 0.333. The molecule has 0 spiro atoms. The molecule has 1 aliphatic heterocycles. The lowest BCUT2D eigenvalue weighted by atomic mass is 10.2. The Labute approximate surface area is 158 Å². The predicted molar refractivity (Wildman–Crippen MR) is 101 cm³/mol. The summed E-state index contributed by atoms with van der Waals surface area (Å²) in [6, 6.07) is 14.1. The summed E-state index contributed by atoms with van der Waals surface area (Å²) in [6.07, 6.45) is 0.785. The molecule has 1 heterocycles. The molecule has 1 amide bonds. The first-order chi connectivity index (χ1) is 13.1. The van der Waals surface area contributed by atoms with Gasteiger partial charge in [-0.15, -0.1) is 0 Å². The van der Waals surface area contributed by atoms with Crippen molar-refractivity contribution in [2.24, 2.45) is 0 Å². The highest BCUT2D eigenvalue weighted by atomic mass is 16.5. The number of fused-ring (bicyclic) bond motifs is 1. The zero-order valence-electron chi connectivity index (χ0n) is 15.5. The summed E-state index contributed by atoms with van der Waals surface area (Å²) < 4.78 is 16.4. The molecule has 0 unspecified atom stereocenters. The number of nitrogens with zero attached hydrogens (tertiary/aromatic N) is 1. The first-order valence-electron chi connectivity index (χ1n) is 9.00. The van der Waals surface area contributed by atoms with Gasteiger partial charge in [0.1, 0.15) is 0 Å². The van der Waals surface area contributed by atoms with Crippen LogP contribution in [0.5, 0.6) is 11.5 Å². The van der Waals surface area contributed by atoms with Crippen molar-refractivity contribution in [3.63, 3.8) is 0 Å². The Morgan fingerprint density at radius 1 is 1.04 bits per heavy atom. The lowest BCUT2D eigenvalue weighted by Gasteiger charge is -2.26. The normalized spacial score (nSPS) is 13.0. The second-order valence-electron chi connectivity index (χ2n) is 6.48. The van der Waals surface area contributed by atoms with Crippen LogP contribution in [0.4, 0.5) is 5.69 Å². The van der Waals surface area contributed by atoms with Gasteiger partial charge in [0.25, 0.3) is 5.91 Å². The number of amides is 1. The Morgan fingerprint density at radius 3 is 2.44 bits per heavy atom. The highest BCUT2D eigenvalue weighted by molar-refractivity contribution is 5.97. The van der Waals surface area contributed by atoms with E-state index in [1.54, 1.807) is 23.1 Å². The van der Waals surface area contributed by atoms with Crippen LogP contribution in [-0.2, 0) is 9.53 Å². The molecule has 0 aliphatic carbocycles. The molecule has 0 saturated carbocycles. The van der Waals surface area contributed by atoms with E-state index in [2.05, 4.69) is 0 Å². The molecule has 27 heavy (non-hydrogen) atoms. The minimum atomic E-state index is -0.573. The quantitative estimate of drug-likeness (QED) is 0.756. The maximum Gasteiger partial charge on any atom is 0.338 e. The third-order valence-electron chi connectivity index (χ3n) is 4.13. The van der Waals surface area contributed by atoms with Crippen molar-refractivity contribution >= 4 is 17.6 Å². The van der Waals surface area contributed by atoms with E-state index in [1.165, 1.54) is 0 Å². The fourth-order valence-electron chi connectivity index (χ4n) is 2.89. The number of para-hydroxylation sites is 1. The van der Waals surface area contributed by atoms with Crippen LogP contribution in [0.15, 0.2) is 48.5 Å². The maximum atomic E-state index is 12.6. The zero-order chi connectivity index (χ0) is 19.2. The highest BCUT2D eigenvalue weighted by Crippen LogP contribution is 2.30. The number of rotatable bonds is 5. The molecule has 6 nitrogen and oxygen atoms in total. The number of hydrogen-bond acceptors (Lipinski definition) is 5. The van der Waals surface area contributed by atoms with E-state index in [0.717, 1.165) is 12.1 Å². The highest BCUT2D eigenvalue weighted by Gasteiger charge is 2.21. The molecule has 1 aliphatic rings. The Morgan fingerprint density at radius 2 is 1.74 bits per heavy atom. The Bertz CT molecular complexity index is 803. The van der Waals surface area contributed by atoms with Crippen LogP contribution in [0, 0.1) is 0 Å². The average Bonchev–Trinajstić information content (AvgIpc) is 2.91. The average molecular weight is 369 g/mol. The topological polar surface area (TPSA) is 65.1 Å². The molecule has 0 bridgehead atoms. The molecule has 0 aromatic heterocycles. The van der Waals surface area contributed by atoms with Crippen LogP contribution in [0.25, 0.3) is 0 Å². The molecular weight excluding hydrogens is 346 g/mol. The summed E-state index contributed by atoms with van der Waals surface area (Å²) in [4.78, 5) is 26.6. The van der Waals surface area contributed by atoms with Crippen molar-refractivity contribution in [3.05, 3.63) is 54.1 Å². The monoisotopic (exact) mass is 369 g/mol. The molecular formula is C21H23NO5. The number of hydrogen-bond donors (Lipinski definition) is 0. The van der Waals surface area contributed by atoms with E-state index in [1.807, 2.05) is 44.2 Å². The third kappa shape index (κ3) is 4.58. The van der Waals surface area contributed by atoms with Gasteiger partial charge in [0.2, 0.25) is 0 Å². The Balaban J connectivity index is 1.66. The van der Waals surface area contributed by atoms with Gasteiger partial charge in [-0.25, -0.2) is 4.79 Å². The Kier molecular flexibility index (Phi) is 5.96. The van der Waals surface area contributed by atoms with E-state index in [0.29, 0.717) is 30.3 Å². The first kappa shape index (κ1) is 18.8. The van der Waals surface area contributed by atoms with Gasteiger partial charge in [0.15, 0.2) is 18.1 Å². The van der Waals surface area contributed by atoms with Crippen LogP contribution in [0.3, 0.4) is 0 Å². The van der Waals surface area contributed by atoms with Crippen molar-refractivity contribution < 1.29 is 23.8 Å². The van der Waals surface area contributed by atoms with E-state index in [4.69, 9.17) is 14.2 Å². The number of carbonyl (C=O) groups is 2. The summed E-state index contributed by atoms with van der Waals surface area (Å²) >= 11 is 0. The van der Waals surface area contributed by atoms with Gasteiger partial charge in [0, 0.05) is 18.2 Å². The summed E-state index contributed by atoms with van der Waals surface area (Å²) in [5.74, 6) is 0.270. The SMILES string of the molecule is CC(C)N(C(=O)COC(=O)c1ccc2c(c1)OCCCO2)c1ccccc1. The molecule has 6 heteroatoms. The molecule has 2 aromatic rings. The molecule has 2 aromatic carbocycles. The van der Waals surface area contributed by atoms with E-state index in [-0.39, 0.29) is 18.6 Å². The smallest absolute Gasteiger partial charge is 0.338 e. The fourth-order valence-corrected chi connectivity index (χ4v) is 2.89. The van der Waals surface area contributed by atoms with E-state index < -0.39 is 5.97 Å². The molecule has 0 radical (unpaired) electrons. The third-order valence-corrected chi connectivity index (χ3v) is 4.13. The van der Waals surface area contributed by atoms with Crippen molar-refractivity contribution in [3.8, 4) is 11.5 Å². The molecule has 0 atom stereocenters. The number of benzene rings is 2. The second-order valence-corrected chi connectivity index (χ2v) is 6.48. The minimum absolute atomic E-state index is 0.0587. The molecule has 3 rings (SSSR count). The van der Waals surface area contributed by atoms with E-state index >= 15 is 0 Å². The van der Waals surface area contributed by atoms with Crippen molar-refractivity contribution in [2.45, 2.75) is 26.3 Å². The largest absolute Gasteiger partial charge is 0.490 e. The number of anilines is 1. The summed E-state index contributed by atoms with van der Waals surface area (Å²) in [6.45, 7) is 4.60. The Hall–Kier alpha value is -3.02. The number of carbonyl (C=O) groups excluding carboxylic acids is 2. The summed E-state index contributed by atoms with van der Waals surface area (Å²) in [5.41, 5.74) is 1.09. The standard InChI is InChI=1S/C21H23NO5/c1-15(2)22(17-7-4-3-5-8-17)20(23)14-27-21(24)16-9-10-18-19(13-16)26-12-6-11-25-18/h3-5,7-10,13,15H,6,11-12,14H2,1-2H3. The van der Waals surface area contributed by atoms with Crippen LogP contribution in [0.1, 0.15) is 30.6 Å². The maximum absolute atomic E-state index is 12.6. The van der Waals surface area contributed by atoms with Crippen molar-refractivity contribution in [1.82, 2.24) is 0 Å². The summed E-state index contributed by atoms with van der Waals surface area (Å²) in [7, 11) is 0. The van der Waals surface area contributed by atoms with Crippen molar-refractivity contribution in [1.29, 1.82) is 0 Å². The van der Waals surface area contributed by atoms with Gasteiger partial charge in [-0.05, 0) is 44.2 Å². The van der Waals surface area contributed by atoms with Gasteiger partial charge in [-0.1, -0.05) is 18.2 Å². The molecule has 0 fully saturated rings. The van der Waals surface area contributed by atoms with Crippen LogP contribution >= 0.6 is 0 Å². The first-order valence-corrected chi connectivity index (χ1v) is 9.00. The van der Waals surface area contributed by atoms with Gasteiger partial charge in [-0.3, -0.25) is 4.79 Å². The second kappa shape index (κ2) is 8.58. The molecule has 0 saturated heterocycles. The van der Waals surface area contributed by atoms with Crippen LogP contribution in [-0.4, -0.2) is 37.7 Å². The predicted octanol–water partition coefficient (Wildman–Crippen LogP) is 3.45. The lowest BCUT2D eigenvalue weighted by Crippen LogP contribution is -2.39. The minimum Gasteiger partial charge on any atom is -0.490 e. The van der Waals surface area contributed by atoms with Gasteiger partial charge >= 0.3 is 5.97 Å². The number of ether oxygens (including phenoxy) is 3. The molecule has 142 valence electrons. The molecule has 0 N–H and O–H groups in total. The van der Waals surface area contributed by atoms with Gasteiger partial charge < -0.3 is 19.1 Å². The lowest BCUT2D eigenvalue weighted by molar-refractivity contribution is -0.122. The van der Waals surface area contributed by atoms with Gasteiger partial charge in [-0.2, -0.15) is 0 Å². The number of esters is 1. The van der Waals surface area contributed by atoms with Crippen LogP contribution in [0.2, 0.25) is 0 Å². The zero-order valence-corrected chi connectivity index (χ0v) is 15.5.